The van der Waals surface area contributed by atoms with Gasteiger partial charge in [0.1, 0.15) is 6.61 Å². The van der Waals surface area contributed by atoms with Crippen molar-refractivity contribution in [2.75, 3.05) is 19.8 Å². The zero-order chi connectivity index (χ0) is 21.4. The van der Waals surface area contributed by atoms with Crippen molar-refractivity contribution < 1.29 is 19.4 Å². The lowest BCUT2D eigenvalue weighted by Gasteiger charge is -2.44. The van der Waals surface area contributed by atoms with E-state index in [1.165, 1.54) is 22.3 Å². The van der Waals surface area contributed by atoms with Gasteiger partial charge in [-0.1, -0.05) is 78.9 Å². The molecule has 0 bridgehead atoms. The molecule has 0 aromatic heterocycles. The highest BCUT2D eigenvalue weighted by atomic mass is 16.6. The lowest BCUT2D eigenvalue weighted by atomic mass is 9.96. The largest absolute Gasteiger partial charge is 0.448 e. The number of hydrogen-bond donors (Lipinski definition) is 1. The Labute approximate surface area is 181 Å². The first-order valence-corrected chi connectivity index (χ1v) is 10.6. The predicted molar refractivity (Wildman–Crippen MR) is 118 cm³/mol. The molecule has 0 radical (unpaired) electrons. The molecular formula is C26H25NO4. The Bertz CT molecular complexity index is 1050. The Morgan fingerprint density at radius 3 is 2.23 bits per heavy atom. The van der Waals surface area contributed by atoms with Crippen molar-refractivity contribution >= 4 is 6.09 Å². The van der Waals surface area contributed by atoms with Crippen molar-refractivity contribution in [3.63, 3.8) is 0 Å². The Morgan fingerprint density at radius 1 is 1.00 bits per heavy atom. The van der Waals surface area contributed by atoms with Crippen molar-refractivity contribution in [2.24, 2.45) is 0 Å². The minimum absolute atomic E-state index is 0.000652. The lowest BCUT2D eigenvalue weighted by Crippen LogP contribution is -2.58. The van der Waals surface area contributed by atoms with Crippen LogP contribution in [0.15, 0.2) is 78.9 Å². The molecule has 0 spiro atoms. The number of rotatable bonds is 3. The molecule has 158 valence electrons. The van der Waals surface area contributed by atoms with Gasteiger partial charge in [-0.25, -0.2) is 4.79 Å². The van der Waals surface area contributed by atoms with Crippen LogP contribution in [0.5, 0.6) is 0 Å². The third-order valence-electron chi connectivity index (χ3n) is 6.45. The van der Waals surface area contributed by atoms with E-state index in [1.54, 1.807) is 24.0 Å². The van der Waals surface area contributed by atoms with Gasteiger partial charge in [0.05, 0.1) is 12.6 Å². The highest BCUT2D eigenvalue weighted by Crippen LogP contribution is 2.44. The van der Waals surface area contributed by atoms with E-state index in [2.05, 4.69) is 24.3 Å². The van der Waals surface area contributed by atoms with E-state index in [0.717, 1.165) is 0 Å². The molecule has 1 saturated heterocycles. The summed E-state index contributed by atoms with van der Waals surface area (Å²) in [6.07, 6.45) is -0.438. The van der Waals surface area contributed by atoms with Crippen LogP contribution < -0.4 is 0 Å². The van der Waals surface area contributed by atoms with Gasteiger partial charge in [0.2, 0.25) is 5.79 Å². The smallest absolute Gasteiger partial charge is 0.410 e. The molecule has 3 aromatic carbocycles. The quantitative estimate of drug-likeness (QED) is 0.684. The molecule has 1 fully saturated rings. The van der Waals surface area contributed by atoms with Gasteiger partial charge >= 0.3 is 6.09 Å². The maximum atomic E-state index is 13.0. The first-order chi connectivity index (χ1) is 15.1. The first-order valence-electron chi connectivity index (χ1n) is 10.6. The second-order valence-corrected chi connectivity index (χ2v) is 8.08. The molecule has 1 N–H and O–H groups in total. The Kier molecular flexibility index (Phi) is 5.00. The Balaban J connectivity index is 1.34. The second kappa shape index (κ2) is 7.84. The van der Waals surface area contributed by atoms with Gasteiger partial charge < -0.3 is 14.6 Å². The van der Waals surface area contributed by atoms with Crippen LogP contribution in [0.3, 0.4) is 0 Å². The summed E-state index contributed by atoms with van der Waals surface area (Å²) in [5.41, 5.74) is 5.35. The molecule has 3 aromatic rings. The molecule has 5 rings (SSSR count). The number of carbonyl (C=O) groups excluding carboxylic acids is 1. The summed E-state index contributed by atoms with van der Waals surface area (Å²) < 4.78 is 11.5. The highest BCUT2D eigenvalue weighted by molar-refractivity contribution is 5.79. The normalized spacial score (nSPS) is 22.6. The molecule has 1 aliphatic carbocycles. The van der Waals surface area contributed by atoms with E-state index >= 15 is 0 Å². The minimum atomic E-state index is -1.56. The van der Waals surface area contributed by atoms with Crippen molar-refractivity contribution in [2.45, 2.75) is 24.7 Å². The number of hydrogen-bond acceptors (Lipinski definition) is 4. The van der Waals surface area contributed by atoms with E-state index in [9.17, 15) is 9.90 Å². The molecule has 31 heavy (non-hydrogen) atoms. The molecule has 0 saturated carbocycles. The third-order valence-corrected chi connectivity index (χ3v) is 6.45. The van der Waals surface area contributed by atoms with Crippen LogP contribution in [0.2, 0.25) is 0 Å². The van der Waals surface area contributed by atoms with Gasteiger partial charge in [0.15, 0.2) is 0 Å². The van der Waals surface area contributed by atoms with Gasteiger partial charge in [0.25, 0.3) is 0 Å². The molecule has 2 atom stereocenters. The standard InChI is InChI=1S/C26H25NO4/c1-18-26(29,19-9-3-2-4-10-19)31-16-15-27(18)25(28)30-17-24-22-13-7-5-11-20(22)21-12-6-8-14-23(21)24/h2-14,18,24,29H,15-17H2,1H3. The van der Waals surface area contributed by atoms with Crippen LogP contribution >= 0.6 is 0 Å². The van der Waals surface area contributed by atoms with Crippen LogP contribution in [0, 0.1) is 0 Å². The highest BCUT2D eigenvalue weighted by Gasteiger charge is 2.46. The third kappa shape index (κ3) is 3.30. The molecule has 1 amide bonds. The van der Waals surface area contributed by atoms with Crippen molar-refractivity contribution in [1.29, 1.82) is 0 Å². The number of ether oxygens (including phenoxy) is 2. The predicted octanol–water partition coefficient (Wildman–Crippen LogP) is 4.50. The maximum absolute atomic E-state index is 13.0. The number of amides is 1. The molecule has 2 unspecified atom stereocenters. The summed E-state index contributed by atoms with van der Waals surface area (Å²) in [5, 5.41) is 11.2. The van der Waals surface area contributed by atoms with Gasteiger partial charge in [-0.2, -0.15) is 0 Å². The summed E-state index contributed by atoms with van der Waals surface area (Å²) in [4.78, 5) is 14.6. The van der Waals surface area contributed by atoms with Crippen LogP contribution in [0.1, 0.15) is 29.5 Å². The van der Waals surface area contributed by atoms with Crippen molar-refractivity contribution in [1.82, 2.24) is 4.90 Å². The van der Waals surface area contributed by atoms with E-state index in [1.807, 2.05) is 42.5 Å². The van der Waals surface area contributed by atoms with E-state index in [0.29, 0.717) is 12.1 Å². The summed E-state index contributed by atoms with van der Waals surface area (Å²) >= 11 is 0. The van der Waals surface area contributed by atoms with Crippen LogP contribution in [0.25, 0.3) is 11.1 Å². The fourth-order valence-electron chi connectivity index (χ4n) is 4.75. The van der Waals surface area contributed by atoms with Gasteiger partial charge in [-0.05, 0) is 29.2 Å². The van der Waals surface area contributed by atoms with Crippen LogP contribution in [-0.4, -0.2) is 41.9 Å². The van der Waals surface area contributed by atoms with Crippen LogP contribution in [0.4, 0.5) is 4.79 Å². The van der Waals surface area contributed by atoms with Gasteiger partial charge in [0, 0.05) is 18.0 Å². The van der Waals surface area contributed by atoms with E-state index in [-0.39, 0.29) is 19.1 Å². The van der Waals surface area contributed by atoms with E-state index < -0.39 is 17.9 Å². The monoisotopic (exact) mass is 415 g/mol. The van der Waals surface area contributed by atoms with Gasteiger partial charge in [-0.3, -0.25) is 4.90 Å². The molecular weight excluding hydrogens is 390 g/mol. The zero-order valence-electron chi connectivity index (χ0n) is 17.4. The fourth-order valence-corrected chi connectivity index (χ4v) is 4.75. The lowest BCUT2D eigenvalue weighted by molar-refractivity contribution is -0.269. The number of nitrogens with zero attached hydrogens (tertiary/aromatic N) is 1. The summed E-state index contributed by atoms with van der Waals surface area (Å²) in [5.74, 6) is -1.56. The number of carbonyl (C=O) groups is 1. The van der Waals surface area contributed by atoms with Gasteiger partial charge in [-0.15, -0.1) is 0 Å². The minimum Gasteiger partial charge on any atom is -0.448 e. The number of morpholine rings is 1. The number of aliphatic hydroxyl groups is 1. The number of fused-ring (bicyclic) bond motifs is 3. The average Bonchev–Trinajstić information content (AvgIpc) is 3.14. The molecule has 1 aliphatic heterocycles. The van der Waals surface area contributed by atoms with E-state index in [4.69, 9.17) is 9.47 Å². The summed E-state index contributed by atoms with van der Waals surface area (Å²) in [6, 6.07) is 25.1. The zero-order valence-corrected chi connectivity index (χ0v) is 17.4. The molecule has 5 heteroatoms. The maximum Gasteiger partial charge on any atom is 0.410 e. The Hall–Kier alpha value is -3.15. The Morgan fingerprint density at radius 2 is 1.58 bits per heavy atom. The molecule has 5 nitrogen and oxygen atoms in total. The van der Waals surface area contributed by atoms with Crippen molar-refractivity contribution in [3.8, 4) is 11.1 Å². The topological polar surface area (TPSA) is 59.0 Å². The second-order valence-electron chi connectivity index (χ2n) is 8.08. The SMILES string of the molecule is CC1N(C(=O)OCC2c3ccccc3-c3ccccc32)CCOC1(O)c1ccccc1. The average molecular weight is 415 g/mol. The van der Waals surface area contributed by atoms with Crippen molar-refractivity contribution in [3.05, 3.63) is 95.6 Å². The first kappa shape index (κ1) is 19.8. The molecule has 1 heterocycles. The molecule has 2 aliphatic rings. The summed E-state index contributed by atoms with van der Waals surface area (Å²) in [6.45, 7) is 2.64. The summed E-state index contributed by atoms with van der Waals surface area (Å²) in [7, 11) is 0. The number of benzene rings is 3. The van der Waals surface area contributed by atoms with Crippen LogP contribution in [-0.2, 0) is 15.3 Å². The fraction of sp³-hybridized carbons (Fsp3) is 0.269.